The highest BCUT2D eigenvalue weighted by Crippen LogP contribution is 2.35. The van der Waals surface area contributed by atoms with E-state index in [4.69, 9.17) is 0 Å². The smallest absolute Gasteiger partial charge is 0.168 e. The van der Waals surface area contributed by atoms with Gasteiger partial charge in [-0.1, -0.05) is 42.5 Å². The van der Waals surface area contributed by atoms with Crippen molar-refractivity contribution in [1.29, 1.82) is 0 Å². The predicted octanol–water partition coefficient (Wildman–Crippen LogP) is 4.72. The number of hydrogen-bond donors (Lipinski definition) is 0. The van der Waals surface area contributed by atoms with Gasteiger partial charge in [0.2, 0.25) is 0 Å². The molecule has 0 spiro atoms. The molecular weight excluding hydrogens is 232 g/mol. The summed E-state index contributed by atoms with van der Waals surface area (Å²) >= 11 is 0. The number of carbonyl (C=O) groups excluding carboxylic acids is 1. The Kier molecular flexibility index (Phi) is 4.51. The Bertz CT molecular complexity index is 532. The van der Waals surface area contributed by atoms with E-state index in [2.05, 4.69) is 19.6 Å². The summed E-state index contributed by atoms with van der Waals surface area (Å²) < 4.78 is 0. The number of ketones is 1. The van der Waals surface area contributed by atoms with Crippen molar-refractivity contribution < 1.29 is 4.79 Å². The lowest BCUT2D eigenvalue weighted by molar-refractivity contribution is -0.112. The Labute approximate surface area is 115 Å². The summed E-state index contributed by atoms with van der Waals surface area (Å²) in [4.78, 5) is 12.2. The third-order valence-electron chi connectivity index (χ3n) is 3.55. The van der Waals surface area contributed by atoms with Crippen LogP contribution in [0.4, 0.5) is 0 Å². The fraction of sp³-hybridized carbons (Fsp3) is 0.278. The van der Waals surface area contributed by atoms with Gasteiger partial charge >= 0.3 is 0 Å². The second-order valence-electron chi connectivity index (χ2n) is 4.91. The van der Waals surface area contributed by atoms with Crippen molar-refractivity contribution in [3.63, 3.8) is 0 Å². The van der Waals surface area contributed by atoms with Gasteiger partial charge in [-0.15, -0.1) is 6.58 Å². The molecule has 1 aliphatic rings. The minimum Gasteiger partial charge on any atom is -0.294 e. The molecule has 1 aromatic rings. The Morgan fingerprint density at radius 2 is 1.95 bits per heavy atom. The van der Waals surface area contributed by atoms with Gasteiger partial charge in [0.25, 0.3) is 0 Å². The molecule has 0 atom stereocenters. The number of benzene rings is 1. The van der Waals surface area contributed by atoms with E-state index < -0.39 is 0 Å². The average Bonchev–Trinajstić information content (AvgIpc) is 2.71. The van der Waals surface area contributed by atoms with Crippen LogP contribution in [0.15, 0.2) is 60.2 Å². The molecule has 98 valence electrons. The van der Waals surface area contributed by atoms with Crippen molar-refractivity contribution in [3.8, 4) is 0 Å². The maximum atomic E-state index is 12.2. The molecule has 0 radical (unpaired) electrons. The molecule has 0 heterocycles. The molecular formula is C18H20O. The molecule has 1 aromatic carbocycles. The molecule has 0 bridgehead atoms. The fourth-order valence-electron chi connectivity index (χ4n) is 2.51. The van der Waals surface area contributed by atoms with Crippen LogP contribution in [-0.2, 0) is 4.79 Å². The third-order valence-corrected chi connectivity index (χ3v) is 3.55. The van der Waals surface area contributed by atoms with Gasteiger partial charge < -0.3 is 0 Å². The van der Waals surface area contributed by atoms with Gasteiger partial charge in [-0.2, -0.15) is 0 Å². The van der Waals surface area contributed by atoms with Gasteiger partial charge in [-0.3, -0.25) is 4.79 Å². The van der Waals surface area contributed by atoms with E-state index in [-0.39, 0.29) is 5.78 Å². The van der Waals surface area contributed by atoms with E-state index in [1.165, 1.54) is 5.57 Å². The van der Waals surface area contributed by atoms with Crippen LogP contribution in [0.1, 0.15) is 38.2 Å². The zero-order chi connectivity index (χ0) is 13.7. The highest BCUT2D eigenvalue weighted by Gasteiger charge is 2.25. The van der Waals surface area contributed by atoms with Gasteiger partial charge in [0.05, 0.1) is 0 Å². The van der Waals surface area contributed by atoms with E-state index in [1.54, 1.807) is 0 Å². The van der Waals surface area contributed by atoms with Gasteiger partial charge in [0.1, 0.15) is 0 Å². The first-order chi connectivity index (χ1) is 9.24. The first-order valence-electron chi connectivity index (χ1n) is 6.84. The van der Waals surface area contributed by atoms with Crippen molar-refractivity contribution in [1.82, 2.24) is 0 Å². The zero-order valence-electron chi connectivity index (χ0n) is 11.5. The van der Waals surface area contributed by atoms with Gasteiger partial charge in [0, 0.05) is 12.0 Å². The highest BCUT2D eigenvalue weighted by molar-refractivity contribution is 6.26. The fourth-order valence-corrected chi connectivity index (χ4v) is 2.51. The molecule has 0 N–H and O–H groups in total. The molecule has 0 unspecified atom stereocenters. The quantitative estimate of drug-likeness (QED) is 0.547. The lowest BCUT2D eigenvalue weighted by Gasteiger charge is -2.02. The van der Waals surface area contributed by atoms with Gasteiger partial charge in [-0.05, 0) is 42.9 Å². The lowest BCUT2D eigenvalue weighted by atomic mass is 10.0. The highest BCUT2D eigenvalue weighted by atomic mass is 16.1. The molecule has 0 aliphatic heterocycles. The van der Waals surface area contributed by atoms with Crippen LogP contribution in [0.5, 0.6) is 0 Å². The van der Waals surface area contributed by atoms with E-state index >= 15 is 0 Å². The first kappa shape index (κ1) is 13.5. The molecule has 0 fully saturated rings. The van der Waals surface area contributed by atoms with Crippen LogP contribution in [0.2, 0.25) is 0 Å². The second kappa shape index (κ2) is 6.33. The molecule has 0 amide bonds. The normalized spacial score (nSPS) is 17.3. The van der Waals surface area contributed by atoms with Crippen LogP contribution >= 0.6 is 0 Å². The summed E-state index contributed by atoms with van der Waals surface area (Å²) in [6.45, 7) is 5.79. The average molecular weight is 252 g/mol. The number of carbonyl (C=O) groups is 1. The Balaban J connectivity index is 2.21. The first-order valence-corrected chi connectivity index (χ1v) is 6.84. The van der Waals surface area contributed by atoms with Crippen molar-refractivity contribution in [2.45, 2.75) is 32.6 Å². The van der Waals surface area contributed by atoms with Crippen LogP contribution in [0.3, 0.4) is 0 Å². The molecule has 2 rings (SSSR count). The molecule has 19 heavy (non-hydrogen) atoms. The lowest BCUT2D eigenvalue weighted by Crippen LogP contribution is -1.95. The summed E-state index contributed by atoms with van der Waals surface area (Å²) in [5.41, 5.74) is 4.29. The largest absolute Gasteiger partial charge is 0.294 e. The van der Waals surface area contributed by atoms with Crippen LogP contribution in [-0.4, -0.2) is 5.78 Å². The van der Waals surface area contributed by atoms with Crippen LogP contribution in [0.25, 0.3) is 5.57 Å². The van der Waals surface area contributed by atoms with Crippen molar-refractivity contribution >= 4 is 11.4 Å². The van der Waals surface area contributed by atoms with Crippen molar-refractivity contribution in [3.05, 3.63) is 65.8 Å². The van der Waals surface area contributed by atoms with Gasteiger partial charge in [0.15, 0.2) is 5.78 Å². The van der Waals surface area contributed by atoms with E-state index in [0.29, 0.717) is 6.42 Å². The minimum atomic E-state index is 0.249. The Hall–Kier alpha value is -1.89. The predicted molar refractivity (Wildman–Crippen MR) is 80.8 cm³/mol. The number of Topliss-reactive ketones (excluding diaryl/α,β-unsaturated/α-hetero) is 1. The summed E-state index contributed by atoms with van der Waals surface area (Å²) in [5, 5.41) is 0. The number of rotatable bonds is 5. The minimum absolute atomic E-state index is 0.249. The zero-order valence-corrected chi connectivity index (χ0v) is 11.5. The van der Waals surface area contributed by atoms with Crippen LogP contribution in [0, 0.1) is 0 Å². The number of unbranched alkanes of at least 4 members (excludes halogenated alkanes) is 2. The third kappa shape index (κ3) is 3.11. The molecule has 1 aliphatic carbocycles. The summed E-state index contributed by atoms with van der Waals surface area (Å²) in [5.74, 6) is 0.249. The van der Waals surface area contributed by atoms with E-state index in [1.807, 2.05) is 36.4 Å². The maximum Gasteiger partial charge on any atom is 0.168 e. The second-order valence-corrected chi connectivity index (χ2v) is 4.91. The summed E-state index contributed by atoms with van der Waals surface area (Å²) in [6, 6.07) is 9.96. The SMILES string of the molecule is C=CCCC/C=C1\CC(=O)C(c2ccccc2)=C1C. The molecule has 0 aromatic heterocycles. The summed E-state index contributed by atoms with van der Waals surface area (Å²) in [7, 11) is 0. The number of hydrogen-bond acceptors (Lipinski definition) is 1. The molecule has 1 nitrogen and oxygen atoms in total. The topological polar surface area (TPSA) is 17.1 Å². The van der Waals surface area contributed by atoms with E-state index in [0.717, 1.165) is 36.0 Å². The number of allylic oxidation sites excluding steroid dienone is 5. The van der Waals surface area contributed by atoms with Gasteiger partial charge in [-0.25, -0.2) is 0 Å². The maximum absolute atomic E-state index is 12.2. The summed E-state index contributed by atoms with van der Waals surface area (Å²) in [6.07, 6.45) is 7.88. The van der Waals surface area contributed by atoms with Crippen molar-refractivity contribution in [2.75, 3.05) is 0 Å². The monoisotopic (exact) mass is 252 g/mol. The standard InChI is InChI=1S/C18H20O/c1-3-4-5-7-12-16-13-17(19)18(14(16)2)15-10-8-6-9-11-15/h3,6,8-12H,1,4-5,7,13H2,2H3/b16-12+. The molecule has 0 saturated heterocycles. The van der Waals surface area contributed by atoms with Crippen LogP contribution < -0.4 is 0 Å². The Morgan fingerprint density at radius 1 is 1.21 bits per heavy atom. The molecule has 0 saturated carbocycles. The Morgan fingerprint density at radius 3 is 2.63 bits per heavy atom. The molecule has 1 heteroatoms. The van der Waals surface area contributed by atoms with E-state index in [9.17, 15) is 4.79 Å². The van der Waals surface area contributed by atoms with Crippen molar-refractivity contribution in [2.24, 2.45) is 0 Å².